The van der Waals surface area contributed by atoms with E-state index >= 15 is 0 Å². The van der Waals surface area contributed by atoms with Gasteiger partial charge in [0.1, 0.15) is 11.5 Å². The van der Waals surface area contributed by atoms with Crippen LogP contribution in [0.4, 0.5) is 0 Å². The molecule has 0 unspecified atom stereocenters. The number of rotatable bonds is 10. The first-order valence-corrected chi connectivity index (χ1v) is 9.55. The SMILES string of the molecule is COc1ccc(C[C@@H](C/C=C/C[C@H](C(C)=O)C(C)C)C(C)C)cc1C. The van der Waals surface area contributed by atoms with Crippen molar-refractivity contribution in [1.29, 1.82) is 0 Å². The molecule has 0 aromatic heterocycles. The molecule has 0 radical (unpaired) electrons. The third-order valence-electron chi connectivity index (χ3n) is 5.22. The molecule has 0 fully saturated rings. The number of Topliss-reactive ketones (excluding diaryl/α,β-unsaturated/α-hetero) is 1. The number of hydrogen-bond acceptors (Lipinski definition) is 2. The lowest BCUT2D eigenvalue weighted by molar-refractivity contribution is -0.121. The van der Waals surface area contributed by atoms with Gasteiger partial charge in [-0.25, -0.2) is 0 Å². The van der Waals surface area contributed by atoms with Crippen LogP contribution in [0.15, 0.2) is 30.4 Å². The van der Waals surface area contributed by atoms with E-state index in [9.17, 15) is 4.79 Å². The largest absolute Gasteiger partial charge is 0.496 e. The van der Waals surface area contributed by atoms with Gasteiger partial charge < -0.3 is 4.74 Å². The van der Waals surface area contributed by atoms with Crippen molar-refractivity contribution in [1.82, 2.24) is 0 Å². The van der Waals surface area contributed by atoms with Gasteiger partial charge >= 0.3 is 0 Å². The van der Waals surface area contributed by atoms with E-state index in [4.69, 9.17) is 4.74 Å². The number of aryl methyl sites for hydroxylation is 1. The molecule has 0 N–H and O–H groups in total. The van der Waals surface area contributed by atoms with Crippen LogP contribution in [0.1, 0.15) is 58.6 Å². The molecule has 0 saturated heterocycles. The van der Waals surface area contributed by atoms with Gasteiger partial charge in [0, 0.05) is 5.92 Å². The second-order valence-corrected chi connectivity index (χ2v) is 7.92. The molecule has 0 aliphatic heterocycles. The Labute approximate surface area is 154 Å². The van der Waals surface area contributed by atoms with Crippen LogP contribution in [0, 0.1) is 30.6 Å². The number of ether oxygens (including phenoxy) is 1. The van der Waals surface area contributed by atoms with Gasteiger partial charge in [-0.1, -0.05) is 52.0 Å². The lowest BCUT2D eigenvalue weighted by atomic mass is 9.85. The summed E-state index contributed by atoms with van der Waals surface area (Å²) in [4.78, 5) is 11.7. The molecule has 140 valence electrons. The minimum atomic E-state index is 0.151. The lowest BCUT2D eigenvalue weighted by Gasteiger charge is -2.20. The van der Waals surface area contributed by atoms with E-state index in [2.05, 4.69) is 65.0 Å². The van der Waals surface area contributed by atoms with E-state index in [0.29, 0.717) is 23.5 Å². The predicted molar refractivity (Wildman–Crippen MR) is 107 cm³/mol. The second kappa shape index (κ2) is 10.4. The van der Waals surface area contributed by atoms with E-state index in [1.165, 1.54) is 11.1 Å². The van der Waals surface area contributed by atoms with Gasteiger partial charge in [0.2, 0.25) is 0 Å². The first-order chi connectivity index (χ1) is 11.8. The first kappa shape index (κ1) is 21.5. The summed E-state index contributed by atoms with van der Waals surface area (Å²) in [6.07, 6.45) is 7.48. The average molecular weight is 345 g/mol. The highest BCUT2D eigenvalue weighted by Gasteiger charge is 2.17. The molecule has 1 aromatic carbocycles. The molecule has 0 saturated carbocycles. The van der Waals surface area contributed by atoms with Gasteiger partial charge in [-0.2, -0.15) is 0 Å². The Bertz CT molecular complexity index is 569. The fraction of sp³-hybridized carbons (Fsp3) is 0.609. The molecule has 2 atom stereocenters. The van der Waals surface area contributed by atoms with Crippen molar-refractivity contribution in [2.24, 2.45) is 23.7 Å². The molecule has 2 heteroatoms. The van der Waals surface area contributed by atoms with Crippen molar-refractivity contribution in [3.05, 3.63) is 41.5 Å². The zero-order valence-electron chi connectivity index (χ0n) is 17.1. The molecule has 0 aliphatic carbocycles. The van der Waals surface area contributed by atoms with Crippen molar-refractivity contribution >= 4 is 5.78 Å². The monoisotopic (exact) mass is 344 g/mol. The van der Waals surface area contributed by atoms with Gasteiger partial charge in [-0.15, -0.1) is 0 Å². The summed E-state index contributed by atoms with van der Waals surface area (Å²) < 4.78 is 5.35. The molecular formula is C23H36O2. The molecule has 0 heterocycles. The maximum absolute atomic E-state index is 11.7. The van der Waals surface area contributed by atoms with E-state index in [-0.39, 0.29) is 5.92 Å². The molecule has 1 rings (SSSR count). The van der Waals surface area contributed by atoms with Crippen LogP contribution in [-0.4, -0.2) is 12.9 Å². The third-order valence-corrected chi connectivity index (χ3v) is 5.22. The van der Waals surface area contributed by atoms with Crippen LogP contribution < -0.4 is 4.74 Å². The van der Waals surface area contributed by atoms with Crippen LogP contribution in [0.2, 0.25) is 0 Å². The normalized spacial score (nSPS) is 14.3. The van der Waals surface area contributed by atoms with Crippen LogP contribution >= 0.6 is 0 Å². The summed E-state index contributed by atoms with van der Waals surface area (Å²) in [5, 5.41) is 0. The fourth-order valence-electron chi connectivity index (χ4n) is 3.38. The van der Waals surface area contributed by atoms with Crippen molar-refractivity contribution in [3.8, 4) is 5.75 Å². The van der Waals surface area contributed by atoms with E-state index in [0.717, 1.165) is 25.0 Å². The number of carbonyl (C=O) groups excluding carboxylic acids is 1. The summed E-state index contributed by atoms with van der Waals surface area (Å²) in [7, 11) is 1.72. The zero-order chi connectivity index (χ0) is 19.0. The zero-order valence-corrected chi connectivity index (χ0v) is 17.1. The Hall–Kier alpha value is -1.57. The van der Waals surface area contributed by atoms with Crippen LogP contribution in [0.5, 0.6) is 5.75 Å². The third kappa shape index (κ3) is 7.05. The summed E-state index contributed by atoms with van der Waals surface area (Å²) in [5.41, 5.74) is 2.56. The smallest absolute Gasteiger partial charge is 0.133 e. The number of benzene rings is 1. The number of methoxy groups -OCH3 is 1. The second-order valence-electron chi connectivity index (χ2n) is 7.92. The van der Waals surface area contributed by atoms with Gasteiger partial charge in [0.25, 0.3) is 0 Å². The molecule has 0 amide bonds. The lowest BCUT2D eigenvalue weighted by Crippen LogP contribution is -2.16. The van der Waals surface area contributed by atoms with Crippen molar-refractivity contribution in [3.63, 3.8) is 0 Å². The van der Waals surface area contributed by atoms with Crippen molar-refractivity contribution in [2.45, 2.75) is 60.8 Å². The quantitative estimate of drug-likeness (QED) is 0.485. The summed E-state index contributed by atoms with van der Waals surface area (Å²) >= 11 is 0. The highest BCUT2D eigenvalue weighted by molar-refractivity contribution is 5.78. The van der Waals surface area contributed by atoms with E-state index in [1.807, 2.05) is 0 Å². The number of hydrogen-bond donors (Lipinski definition) is 0. The maximum Gasteiger partial charge on any atom is 0.133 e. The Morgan fingerprint density at radius 3 is 2.20 bits per heavy atom. The Kier molecular flexibility index (Phi) is 8.96. The highest BCUT2D eigenvalue weighted by Crippen LogP contribution is 2.25. The van der Waals surface area contributed by atoms with Crippen molar-refractivity contribution < 1.29 is 9.53 Å². The molecule has 0 bridgehead atoms. The maximum atomic E-state index is 11.7. The van der Waals surface area contributed by atoms with E-state index in [1.54, 1.807) is 14.0 Å². The predicted octanol–water partition coefficient (Wildman–Crippen LogP) is 6.02. The molecular weight excluding hydrogens is 308 g/mol. The summed E-state index contributed by atoms with van der Waals surface area (Å²) in [6.45, 7) is 12.6. The number of carbonyl (C=O) groups is 1. The highest BCUT2D eigenvalue weighted by atomic mass is 16.5. The summed E-state index contributed by atoms with van der Waals surface area (Å²) in [5.74, 6) is 3.05. The Morgan fingerprint density at radius 2 is 1.72 bits per heavy atom. The molecule has 1 aromatic rings. The van der Waals surface area contributed by atoms with Crippen LogP contribution in [0.3, 0.4) is 0 Å². The minimum Gasteiger partial charge on any atom is -0.496 e. The van der Waals surface area contributed by atoms with Crippen LogP contribution in [-0.2, 0) is 11.2 Å². The number of ketones is 1. The van der Waals surface area contributed by atoms with E-state index < -0.39 is 0 Å². The molecule has 0 spiro atoms. The van der Waals surface area contributed by atoms with Gasteiger partial charge in [0.15, 0.2) is 0 Å². The molecule has 25 heavy (non-hydrogen) atoms. The van der Waals surface area contributed by atoms with Gasteiger partial charge in [-0.05, 0) is 68.1 Å². The minimum absolute atomic E-state index is 0.151. The van der Waals surface area contributed by atoms with Gasteiger partial charge in [0.05, 0.1) is 7.11 Å². The van der Waals surface area contributed by atoms with Gasteiger partial charge in [-0.3, -0.25) is 4.79 Å². The topological polar surface area (TPSA) is 26.3 Å². The Morgan fingerprint density at radius 1 is 1.08 bits per heavy atom. The Balaban J connectivity index is 2.67. The number of allylic oxidation sites excluding steroid dienone is 2. The average Bonchev–Trinajstić information content (AvgIpc) is 2.52. The van der Waals surface area contributed by atoms with Crippen molar-refractivity contribution in [2.75, 3.05) is 7.11 Å². The molecule has 2 nitrogen and oxygen atoms in total. The van der Waals surface area contributed by atoms with Crippen LogP contribution in [0.25, 0.3) is 0 Å². The first-order valence-electron chi connectivity index (χ1n) is 9.55. The summed E-state index contributed by atoms with van der Waals surface area (Å²) in [6, 6.07) is 6.48. The molecule has 0 aliphatic rings. The standard InChI is InChI=1S/C23H36O2/c1-16(2)21(10-8-9-11-22(17(3)4)19(6)24)15-20-12-13-23(25-7)18(5)14-20/h8-9,12-14,16-17,21-22H,10-11,15H2,1-7H3/b9-8+/t21-,22+/m1/s1. The fourth-order valence-corrected chi connectivity index (χ4v) is 3.38.